The van der Waals surface area contributed by atoms with Gasteiger partial charge in [-0.25, -0.2) is 9.37 Å². The summed E-state index contributed by atoms with van der Waals surface area (Å²) in [5, 5.41) is 2.96. The predicted molar refractivity (Wildman–Crippen MR) is 106 cm³/mol. The van der Waals surface area contributed by atoms with Gasteiger partial charge in [0.05, 0.1) is 23.4 Å². The second-order valence-electron chi connectivity index (χ2n) is 7.11. The maximum atomic E-state index is 14.5. The average Bonchev–Trinajstić information content (AvgIpc) is 2.71. The molecule has 0 spiro atoms. The number of pyridine rings is 1. The average molecular weight is 386 g/mol. The Kier molecular flexibility index (Phi) is 6.62. The van der Waals surface area contributed by atoms with E-state index in [0.717, 1.165) is 12.8 Å². The number of hydrogen-bond acceptors (Lipinski definition) is 4. The first kappa shape index (κ1) is 20.3. The fourth-order valence-corrected chi connectivity index (χ4v) is 3.50. The Morgan fingerprint density at radius 2 is 2.00 bits per heavy atom. The zero-order chi connectivity index (χ0) is 20.0. The van der Waals surface area contributed by atoms with E-state index in [1.807, 2.05) is 6.92 Å². The number of amides is 1. The van der Waals surface area contributed by atoms with Crippen molar-refractivity contribution in [3.05, 3.63) is 53.5 Å². The largest absolute Gasteiger partial charge is 0.478 e. The highest BCUT2D eigenvalue weighted by Crippen LogP contribution is 2.37. The van der Waals surface area contributed by atoms with Crippen molar-refractivity contribution in [2.24, 2.45) is 0 Å². The number of rotatable bonds is 7. The fourth-order valence-electron chi connectivity index (χ4n) is 3.50. The lowest BCUT2D eigenvalue weighted by Gasteiger charge is -2.36. The van der Waals surface area contributed by atoms with Crippen LogP contribution >= 0.6 is 0 Å². The summed E-state index contributed by atoms with van der Waals surface area (Å²) in [5.41, 5.74) is 0.737. The minimum Gasteiger partial charge on any atom is -0.478 e. The van der Waals surface area contributed by atoms with E-state index < -0.39 is 5.41 Å². The highest BCUT2D eigenvalue weighted by atomic mass is 19.1. The number of hydrogen-bond donors (Lipinski definition) is 1. The summed E-state index contributed by atoms with van der Waals surface area (Å²) in [6, 6.07) is 10.0. The Balaban J connectivity index is 1.82. The smallest absolute Gasteiger partial charge is 0.235 e. The van der Waals surface area contributed by atoms with E-state index >= 15 is 0 Å². The molecule has 1 N–H and O–H groups in total. The zero-order valence-electron chi connectivity index (χ0n) is 16.5. The lowest BCUT2D eigenvalue weighted by atomic mass is 9.73. The lowest BCUT2D eigenvalue weighted by molar-refractivity contribution is -0.125. The summed E-state index contributed by atoms with van der Waals surface area (Å²) in [6.07, 6.45) is 2.89. The van der Waals surface area contributed by atoms with Gasteiger partial charge in [0, 0.05) is 24.8 Å². The van der Waals surface area contributed by atoms with E-state index in [9.17, 15) is 9.18 Å². The number of aryl methyl sites for hydroxylation is 1. The number of carbonyl (C=O) groups excluding carboxylic acids is 1. The van der Waals surface area contributed by atoms with Gasteiger partial charge in [0.1, 0.15) is 5.82 Å². The summed E-state index contributed by atoms with van der Waals surface area (Å²) in [6.45, 7) is 5.38. The zero-order valence-corrected chi connectivity index (χ0v) is 16.5. The maximum absolute atomic E-state index is 14.5. The van der Waals surface area contributed by atoms with Gasteiger partial charge in [0.25, 0.3) is 0 Å². The van der Waals surface area contributed by atoms with Gasteiger partial charge >= 0.3 is 0 Å². The van der Waals surface area contributed by atoms with Gasteiger partial charge in [-0.1, -0.05) is 31.5 Å². The number of anilines is 1. The highest BCUT2D eigenvalue weighted by Gasteiger charge is 2.43. The Morgan fingerprint density at radius 1 is 1.25 bits per heavy atom. The Hall–Kier alpha value is -2.47. The highest BCUT2D eigenvalue weighted by molar-refractivity contribution is 5.99. The molecule has 0 saturated carbocycles. The molecule has 0 atom stereocenters. The molecule has 0 unspecified atom stereocenters. The minimum absolute atomic E-state index is 0.231. The van der Waals surface area contributed by atoms with E-state index in [1.165, 1.54) is 6.07 Å². The number of halogens is 1. The summed E-state index contributed by atoms with van der Waals surface area (Å²) in [7, 11) is 0. The van der Waals surface area contributed by atoms with Crippen LogP contribution < -0.4 is 10.1 Å². The van der Waals surface area contributed by atoms with Gasteiger partial charge in [-0.15, -0.1) is 0 Å². The van der Waals surface area contributed by atoms with Crippen molar-refractivity contribution < 1.29 is 18.7 Å². The van der Waals surface area contributed by atoms with Crippen LogP contribution in [0.4, 0.5) is 10.1 Å². The van der Waals surface area contributed by atoms with Gasteiger partial charge in [-0.05, 0) is 38.3 Å². The molecular weight excluding hydrogens is 359 g/mol. The Morgan fingerprint density at radius 3 is 2.68 bits per heavy atom. The summed E-state index contributed by atoms with van der Waals surface area (Å²) < 4.78 is 25.6. The second-order valence-corrected chi connectivity index (χ2v) is 7.11. The molecule has 0 radical (unpaired) electrons. The van der Waals surface area contributed by atoms with Gasteiger partial charge in [-0.3, -0.25) is 4.79 Å². The molecule has 150 valence electrons. The second kappa shape index (κ2) is 9.15. The van der Waals surface area contributed by atoms with Crippen LogP contribution in [0.3, 0.4) is 0 Å². The fraction of sp³-hybridized carbons (Fsp3) is 0.455. The molecule has 1 amide bonds. The summed E-state index contributed by atoms with van der Waals surface area (Å²) >= 11 is 0. The Bertz CT molecular complexity index is 819. The van der Waals surface area contributed by atoms with Crippen molar-refractivity contribution in [2.75, 3.05) is 25.1 Å². The third-order valence-electron chi connectivity index (χ3n) is 5.23. The van der Waals surface area contributed by atoms with Crippen LogP contribution in [0.1, 0.15) is 43.9 Å². The molecule has 1 aliphatic heterocycles. The summed E-state index contributed by atoms with van der Waals surface area (Å²) in [4.78, 5) is 17.7. The number of nitrogens with one attached hydrogen (secondary N) is 1. The van der Waals surface area contributed by atoms with E-state index in [4.69, 9.17) is 9.47 Å². The van der Waals surface area contributed by atoms with E-state index in [1.54, 1.807) is 30.3 Å². The third kappa shape index (κ3) is 4.33. The molecule has 1 aromatic carbocycles. The van der Waals surface area contributed by atoms with E-state index in [-0.39, 0.29) is 11.7 Å². The van der Waals surface area contributed by atoms with Crippen LogP contribution in [0.5, 0.6) is 5.88 Å². The van der Waals surface area contributed by atoms with E-state index in [0.29, 0.717) is 55.5 Å². The van der Waals surface area contributed by atoms with Crippen molar-refractivity contribution in [1.29, 1.82) is 0 Å². The monoisotopic (exact) mass is 386 g/mol. The van der Waals surface area contributed by atoms with Crippen molar-refractivity contribution in [3.8, 4) is 5.88 Å². The Labute approximate surface area is 165 Å². The number of unbranched alkanes of at least 4 members (excludes halogenated alkanes) is 1. The van der Waals surface area contributed by atoms with Gasteiger partial charge in [0.15, 0.2) is 0 Å². The van der Waals surface area contributed by atoms with Crippen molar-refractivity contribution in [3.63, 3.8) is 0 Å². The topological polar surface area (TPSA) is 60.5 Å². The first-order valence-electron chi connectivity index (χ1n) is 9.81. The molecule has 6 heteroatoms. The normalized spacial score (nSPS) is 15.8. The lowest BCUT2D eigenvalue weighted by Crippen LogP contribution is -2.45. The number of aromatic nitrogens is 1. The third-order valence-corrected chi connectivity index (χ3v) is 5.23. The number of ether oxygens (including phenoxy) is 2. The first-order valence-corrected chi connectivity index (χ1v) is 9.81. The SMILES string of the molecule is CCCCOc1ccc(NC(=O)C2(c3ccccc3F)CCOCC2)c(C)n1. The number of benzene rings is 1. The molecule has 1 saturated heterocycles. The van der Waals surface area contributed by atoms with Crippen LogP contribution in [0.15, 0.2) is 36.4 Å². The van der Waals surface area contributed by atoms with Crippen LogP contribution in [0.2, 0.25) is 0 Å². The molecular formula is C22H27FN2O3. The summed E-state index contributed by atoms with van der Waals surface area (Å²) in [5.74, 6) is -0.0571. The molecule has 1 aromatic heterocycles. The molecule has 3 rings (SSSR count). The quantitative estimate of drug-likeness (QED) is 0.717. The van der Waals surface area contributed by atoms with E-state index in [2.05, 4.69) is 17.2 Å². The molecule has 0 aliphatic carbocycles. The van der Waals surface area contributed by atoms with Crippen LogP contribution in [0, 0.1) is 12.7 Å². The standard InChI is InChI=1S/C22H27FN2O3/c1-3-4-13-28-20-10-9-19(16(2)24-20)25-21(26)22(11-14-27-15-12-22)17-7-5-6-8-18(17)23/h5-10H,3-4,11-15H2,1-2H3,(H,25,26). The van der Waals surface area contributed by atoms with Gasteiger partial charge in [0.2, 0.25) is 11.8 Å². The van der Waals surface area contributed by atoms with Crippen molar-refractivity contribution >= 4 is 11.6 Å². The first-order chi connectivity index (χ1) is 13.6. The van der Waals surface area contributed by atoms with Crippen LogP contribution in [-0.4, -0.2) is 30.7 Å². The van der Waals surface area contributed by atoms with Crippen LogP contribution in [0.25, 0.3) is 0 Å². The predicted octanol–water partition coefficient (Wildman–Crippen LogP) is 4.39. The molecule has 1 fully saturated rings. The van der Waals surface area contributed by atoms with Crippen molar-refractivity contribution in [1.82, 2.24) is 4.98 Å². The molecule has 2 heterocycles. The minimum atomic E-state index is -0.952. The van der Waals surface area contributed by atoms with Gasteiger partial charge < -0.3 is 14.8 Å². The molecule has 0 bridgehead atoms. The van der Waals surface area contributed by atoms with Crippen molar-refractivity contribution in [2.45, 2.75) is 44.9 Å². The molecule has 1 aliphatic rings. The van der Waals surface area contributed by atoms with Gasteiger partial charge in [-0.2, -0.15) is 0 Å². The van der Waals surface area contributed by atoms with Crippen LogP contribution in [-0.2, 0) is 14.9 Å². The molecule has 28 heavy (non-hydrogen) atoms. The number of nitrogens with zero attached hydrogens (tertiary/aromatic N) is 1. The number of carbonyl (C=O) groups is 1. The molecule has 2 aromatic rings. The maximum Gasteiger partial charge on any atom is 0.235 e. The molecule has 5 nitrogen and oxygen atoms in total.